The molecule has 1 amide bonds. The number of hydrogen-bond acceptors (Lipinski definition) is 4. The third kappa shape index (κ3) is 4.58. The number of carbonyl (C=O) groups excluding carboxylic acids is 1. The van der Waals surface area contributed by atoms with Crippen LogP contribution in [0.5, 0.6) is 0 Å². The highest BCUT2D eigenvalue weighted by molar-refractivity contribution is 5.79. The van der Waals surface area contributed by atoms with Gasteiger partial charge in [0.1, 0.15) is 0 Å². The Morgan fingerprint density at radius 1 is 1.21 bits per heavy atom. The molecule has 5 nitrogen and oxygen atoms in total. The highest BCUT2D eigenvalue weighted by Crippen LogP contribution is 2.41. The van der Waals surface area contributed by atoms with E-state index >= 15 is 0 Å². The Morgan fingerprint density at radius 2 is 1.94 bits per heavy atom. The molecule has 0 bridgehead atoms. The molecule has 1 aromatic heterocycles. The lowest BCUT2D eigenvalue weighted by molar-refractivity contribution is -0.191. The van der Waals surface area contributed by atoms with Gasteiger partial charge in [0.25, 0.3) is 0 Å². The molecule has 3 N–H and O–H groups in total. The van der Waals surface area contributed by atoms with Crippen molar-refractivity contribution in [3.05, 3.63) is 59.4 Å². The standard InChI is InChI=1S/C25H31F3N4O/c1-24(2)19-7-5-4-6-15(19)13-21(24)31-18-10-11-20(30-14-18)22(25(26,27)28)32(3)23(33)16-8-9-17(29)12-16/h4-7,10-11,14,16-17,21-22,31H,8-9,12-13,29H2,1-3H3/t16-,17+,21+,22?/m1/s1. The van der Waals surface area contributed by atoms with Crippen molar-refractivity contribution in [2.24, 2.45) is 11.7 Å². The summed E-state index contributed by atoms with van der Waals surface area (Å²) in [4.78, 5) is 17.7. The van der Waals surface area contributed by atoms with E-state index in [-0.39, 0.29) is 23.2 Å². The quantitative estimate of drug-likeness (QED) is 0.685. The Balaban J connectivity index is 1.51. The molecule has 0 radical (unpaired) electrons. The maximum atomic E-state index is 14.0. The molecule has 0 spiro atoms. The van der Waals surface area contributed by atoms with Gasteiger partial charge in [-0.2, -0.15) is 13.2 Å². The Hall–Kier alpha value is -2.61. The molecule has 2 aliphatic carbocycles. The molecule has 0 saturated heterocycles. The lowest BCUT2D eigenvalue weighted by Gasteiger charge is -2.32. The Labute approximate surface area is 192 Å². The van der Waals surface area contributed by atoms with E-state index in [4.69, 9.17) is 5.73 Å². The van der Waals surface area contributed by atoms with Crippen molar-refractivity contribution in [1.29, 1.82) is 0 Å². The summed E-state index contributed by atoms with van der Waals surface area (Å²) in [6, 6.07) is 9.11. The number of nitrogens with two attached hydrogens (primary N) is 1. The van der Waals surface area contributed by atoms with Crippen LogP contribution in [0, 0.1) is 5.92 Å². The molecule has 178 valence electrons. The molecular weight excluding hydrogens is 429 g/mol. The molecule has 2 aliphatic rings. The van der Waals surface area contributed by atoms with Gasteiger partial charge >= 0.3 is 6.18 Å². The van der Waals surface area contributed by atoms with Crippen LogP contribution >= 0.6 is 0 Å². The first-order chi connectivity index (χ1) is 15.5. The van der Waals surface area contributed by atoms with Crippen LogP contribution in [0.25, 0.3) is 0 Å². The van der Waals surface area contributed by atoms with Crippen LogP contribution in [0.15, 0.2) is 42.6 Å². The fourth-order valence-electron chi connectivity index (χ4n) is 5.32. The van der Waals surface area contributed by atoms with Crippen LogP contribution < -0.4 is 11.1 Å². The van der Waals surface area contributed by atoms with Crippen LogP contribution in [0.3, 0.4) is 0 Å². The Kier molecular flexibility index (Phi) is 6.16. The van der Waals surface area contributed by atoms with Crippen molar-refractivity contribution in [3.63, 3.8) is 0 Å². The minimum atomic E-state index is -4.64. The van der Waals surface area contributed by atoms with Gasteiger partial charge in [0.15, 0.2) is 6.04 Å². The van der Waals surface area contributed by atoms with E-state index in [2.05, 4.69) is 36.3 Å². The van der Waals surface area contributed by atoms with E-state index in [1.807, 2.05) is 12.1 Å². The Bertz CT molecular complexity index is 1010. The van der Waals surface area contributed by atoms with Crippen molar-refractivity contribution in [3.8, 4) is 0 Å². The number of fused-ring (bicyclic) bond motifs is 1. The molecule has 2 aromatic rings. The van der Waals surface area contributed by atoms with Crippen LogP contribution in [0.2, 0.25) is 0 Å². The van der Waals surface area contributed by atoms with Crippen LogP contribution in [-0.2, 0) is 16.6 Å². The molecule has 4 atom stereocenters. The maximum absolute atomic E-state index is 14.0. The largest absolute Gasteiger partial charge is 0.414 e. The van der Waals surface area contributed by atoms with Gasteiger partial charge in [-0.05, 0) is 48.9 Å². The third-order valence-electron chi connectivity index (χ3n) is 7.28. The average molecular weight is 461 g/mol. The number of aromatic nitrogens is 1. The predicted molar refractivity (Wildman–Crippen MR) is 122 cm³/mol. The summed E-state index contributed by atoms with van der Waals surface area (Å²) in [5, 5.41) is 3.45. The zero-order chi connectivity index (χ0) is 24.0. The molecular formula is C25H31F3N4O. The fraction of sp³-hybridized carbons (Fsp3) is 0.520. The summed E-state index contributed by atoms with van der Waals surface area (Å²) in [5.74, 6) is -0.998. The SMILES string of the molecule is CN(C(=O)[C@@H]1CC[C@H](N)C1)C(c1ccc(N[C@H]2Cc3ccccc3C2(C)C)cn1)C(F)(F)F. The van der Waals surface area contributed by atoms with Crippen molar-refractivity contribution >= 4 is 11.6 Å². The van der Waals surface area contributed by atoms with Gasteiger partial charge in [-0.15, -0.1) is 0 Å². The van der Waals surface area contributed by atoms with E-state index in [0.29, 0.717) is 24.9 Å². The number of anilines is 1. The second-order valence-corrected chi connectivity index (χ2v) is 9.91. The van der Waals surface area contributed by atoms with Crippen molar-refractivity contribution in [1.82, 2.24) is 9.88 Å². The number of nitrogens with zero attached hydrogens (tertiary/aromatic N) is 2. The van der Waals surface area contributed by atoms with E-state index in [9.17, 15) is 18.0 Å². The number of amides is 1. The number of nitrogens with one attached hydrogen (secondary N) is 1. The summed E-state index contributed by atoms with van der Waals surface area (Å²) in [6.07, 6.45) is -0.786. The second-order valence-electron chi connectivity index (χ2n) is 9.91. The first-order valence-electron chi connectivity index (χ1n) is 11.4. The van der Waals surface area contributed by atoms with Crippen LogP contribution in [0.4, 0.5) is 18.9 Å². The first kappa shape index (κ1) is 23.5. The fourth-order valence-corrected chi connectivity index (χ4v) is 5.32. The smallest absolute Gasteiger partial charge is 0.380 e. The summed E-state index contributed by atoms with van der Waals surface area (Å²) in [5.41, 5.74) is 8.73. The molecule has 0 aliphatic heterocycles. The lowest BCUT2D eigenvalue weighted by atomic mass is 9.83. The van der Waals surface area contributed by atoms with Gasteiger partial charge in [0.05, 0.1) is 17.6 Å². The number of rotatable bonds is 5. The molecule has 1 fully saturated rings. The lowest BCUT2D eigenvalue weighted by Crippen LogP contribution is -2.42. The summed E-state index contributed by atoms with van der Waals surface area (Å²) < 4.78 is 42.0. The molecule has 33 heavy (non-hydrogen) atoms. The number of carbonyl (C=O) groups is 1. The highest BCUT2D eigenvalue weighted by atomic mass is 19.4. The third-order valence-corrected chi connectivity index (χ3v) is 7.28. The van der Waals surface area contributed by atoms with E-state index < -0.39 is 24.0 Å². The van der Waals surface area contributed by atoms with E-state index in [1.54, 1.807) is 6.07 Å². The molecule has 1 heterocycles. The number of pyridine rings is 1. The Morgan fingerprint density at radius 3 is 2.52 bits per heavy atom. The molecule has 1 saturated carbocycles. The highest BCUT2D eigenvalue weighted by Gasteiger charge is 2.47. The number of benzene rings is 1. The molecule has 1 aromatic carbocycles. The number of halogens is 3. The minimum Gasteiger partial charge on any atom is -0.380 e. The summed E-state index contributed by atoms with van der Waals surface area (Å²) in [6.45, 7) is 4.32. The van der Waals surface area contributed by atoms with Gasteiger partial charge in [-0.1, -0.05) is 38.1 Å². The minimum absolute atomic E-state index is 0.0942. The van der Waals surface area contributed by atoms with Crippen LogP contribution in [0.1, 0.15) is 56.0 Å². The number of hydrogen-bond donors (Lipinski definition) is 2. The van der Waals surface area contributed by atoms with Gasteiger partial charge in [-0.3, -0.25) is 9.78 Å². The summed E-state index contributed by atoms with van der Waals surface area (Å²) in [7, 11) is 1.20. The average Bonchev–Trinajstić information content (AvgIpc) is 3.29. The molecule has 8 heteroatoms. The van der Waals surface area contributed by atoms with E-state index in [1.165, 1.54) is 30.4 Å². The predicted octanol–water partition coefficient (Wildman–Crippen LogP) is 4.59. The van der Waals surface area contributed by atoms with Gasteiger partial charge in [0, 0.05) is 30.5 Å². The first-order valence-corrected chi connectivity index (χ1v) is 11.4. The normalized spacial score (nSPS) is 24.9. The van der Waals surface area contributed by atoms with Gasteiger partial charge < -0.3 is 16.0 Å². The molecule has 4 rings (SSSR count). The second kappa shape index (κ2) is 8.63. The van der Waals surface area contributed by atoms with Crippen molar-refractivity contribution in [2.45, 2.75) is 69.2 Å². The van der Waals surface area contributed by atoms with Crippen molar-refractivity contribution in [2.75, 3.05) is 12.4 Å². The van der Waals surface area contributed by atoms with Gasteiger partial charge in [-0.25, -0.2) is 0 Å². The summed E-state index contributed by atoms with van der Waals surface area (Å²) >= 11 is 0. The maximum Gasteiger partial charge on any atom is 0.414 e. The zero-order valence-corrected chi connectivity index (χ0v) is 19.2. The zero-order valence-electron chi connectivity index (χ0n) is 19.2. The molecule has 1 unspecified atom stereocenters. The monoisotopic (exact) mass is 460 g/mol. The number of alkyl halides is 3. The topological polar surface area (TPSA) is 71.2 Å². The van der Waals surface area contributed by atoms with E-state index in [0.717, 1.165) is 11.3 Å². The van der Waals surface area contributed by atoms with Gasteiger partial charge in [0.2, 0.25) is 5.91 Å². The van der Waals surface area contributed by atoms with Crippen molar-refractivity contribution < 1.29 is 18.0 Å². The van der Waals surface area contributed by atoms with Crippen LogP contribution in [-0.4, -0.2) is 41.1 Å².